The zero-order valence-corrected chi connectivity index (χ0v) is 11.5. The van der Waals surface area contributed by atoms with Crippen LogP contribution in [0.3, 0.4) is 0 Å². The molecule has 3 heteroatoms. The van der Waals surface area contributed by atoms with Crippen molar-refractivity contribution < 1.29 is 0 Å². The zero-order chi connectivity index (χ0) is 11.3. The van der Waals surface area contributed by atoms with Crippen LogP contribution in [0.5, 0.6) is 0 Å². The first-order valence-electron chi connectivity index (χ1n) is 5.28. The lowest BCUT2D eigenvalue weighted by atomic mass is 10.0. The molecule has 15 heavy (non-hydrogen) atoms. The van der Waals surface area contributed by atoms with E-state index in [0.29, 0.717) is 5.92 Å². The van der Waals surface area contributed by atoms with Gasteiger partial charge in [-0.25, -0.2) is 0 Å². The van der Waals surface area contributed by atoms with Gasteiger partial charge in [0.1, 0.15) is 0 Å². The Labute approximate surface area is 105 Å². The van der Waals surface area contributed by atoms with Crippen molar-refractivity contribution in [1.29, 1.82) is 0 Å². The summed E-state index contributed by atoms with van der Waals surface area (Å²) in [4.78, 5) is 0. The van der Waals surface area contributed by atoms with Gasteiger partial charge in [0.15, 0.2) is 0 Å². The summed E-state index contributed by atoms with van der Waals surface area (Å²) in [5, 5.41) is 4.20. The summed E-state index contributed by atoms with van der Waals surface area (Å²) in [5.41, 5.74) is 1.23. The lowest BCUT2D eigenvalue weighted by molar-refractivity contribution is 0.521. The molecular weight excluding hydrogens is 273 g/mol. The lowest BCUT2D eigenvalue weighted by Gasteiger charge is -2.12. The number of hydrogen-bond acceptors (Lipinski definition) is 1. The van der Waals surface area contributed by atoms with E-state index in [4.69, 9.17) is 11.6 Å². The van der Waals surface area contributed by atoms with Crippen molar-refractivity contribution in [1.82, 2.24) is 5.32 Å². The van der Waals surface area contributed by atoms with Gasteiger partial charge in [-0.15, -0.1) is 0 Å². The Morgan fingerprint density at radius 2 is 2.20 bits per heavy atom. The fourth-order valence-electron chi connectivity index (χ4n) is 1.53. The number of rotatable bonds is 5. The molecule has 0 aromatic heterocycles. The standard InChI is InChI=1S/C12H17BrClN/c1-3-15-8-9(2)6-10-4-5-11(13)7-12(10)14/h4-5,7,9,15H,3,6,8H2,1-2H3. The highest BCUT2D eigenvalue weighted by atomic mass is 79.9. The van der Waals surface area contributed by atoms with E-state index in [1.807, 2.05) is 12.1 Å². The van der Waals surface area contributed by atoms with Crippen molar-refractivity contribution in [3.05, 3.63) is 33.3 Å². The molecule has 0 saturated carbocycles. The summed E-state index contributed by atoms with van der Waals surface area (Å²) in [6.45, 7) is 6.43. The van der Waals surface area contributed by atoms with Crippen molar-refractivity contribution in [2.45, 2.75) is 20.3 Å². The Hall–Kier alpha value is -0.0500. The van der Waals surface area contributed by atoms with E-state index in [1.54, 1.807) is 0 Å². The minimum atomic E-state index is 0.614. The van der Waals surface area contributed by atoms with E-state index in [0.717, 1.165) is 29.0 Å². The van der Waals surface area contributed by atoms with E-state index in [1.165, 1.54) is 5.56 Å². The summed E-state index contributed by atoms with van der Waals surface area (Å²) < 4.78 is 1.04. The van der Waals surface area contributed by atoms with E-state index in [2.05, 4.69) is 41.2 Å². The van der Waals surface area contributed by atoms with Gasteiger partial charge < -0.3 is 5.32 Å². The smallest absolute Gasteiger partial charge is 0.0449 e. The Morgan fingerprint density at radius 1 is 1.47 bits per heavy atom. The van der Waals surface area contributed by atoms with Gasteiger partial charge in [0, 0.05) is 9.50 Å². The monoisotopic (exact) mass is 289 g/mol. The second-order valence-corrected chi connectivity index (χ2v) is 5.18. The first-order chi connectivity index (χ1) is 7.13. The maximum atomic E-state index is 6.16. The molecule has 0 spiro atoms. The molecule has 0 amide bonds. The van der Waals surface area contributed by atoms with Crippen LogP contribution in [0.15, 0.2) is 22.7 Å². The number of halogens is 2. The van der Waals surface area contributed by atoms with Crippen LogP contribution in [0.1, 0.15) is 19.4 Å². The Balaban J connectivity index is 2.56. The first kappa shape index (κ1) is 13.0. The molecule has 1 rings (SSSR count). The van der Waals surface area contributed by atoms with Crippen LogP contribution in [0.4, 0.5) is 0 Å². The molecule has 0 radical (unpaired) electrons. The van der Waals surface area contributed by atoms with Gasteiger partial charge in [-0.2, -0.15) is 0 Å². The average Bonchev–Trinajstić information content (AvgIpc) is 2.19. The summed E-state index contributed by atoms with van der Waals surface area (Å²) in [7, 11) is 0. The van der Waals surface area contributed by atoms with E-state index >= 15 is 0 Å². The molecule has 1 N–H and O–H groups in total. The van der Waals surface area contributed by atoms with Crippen molar-refractivity contribution in [3.63, 3.8) is 0 Å². The van der Waals surface area contributed by atoms with Crippen LogP contribution >= 0.6 is 27.5 Å². The molecule has 1 aromatic carbocycles. The third-order valence-electron chi connectivity index (χ3n) is 2.33. The summed E-state index contributed by atoms with van der Waals surface area (Å²) >= 11 is 9.56. The van der Waals surface area contributed by atoms with Gasteiger partial charge in [-0.1, -0.05) is 47.4 Å². The van der Waals surface area contributed by atoms with Gasteiger partial charge in [-0.05, 0) is 43.1 Å². The molecule has 1 nitrogen and oxygen atoms in total. The predicted octanol–water partition coefficient (Wildman–Crippen LogP) is 3.89. The van der Waals surface area contributed by atoms with E-state index in [-0.39, 0.29) is 0 Å². The van der Waals surface area contributed by atoms with Gasteiger partial charge >= 0.3 is 0 Å². The summed E-state index contributed by atoms with van der Waals surface area (Å²) in [6.07, 6.45) is 1.03. The van der Waals surface area contributed by atoms with E-state index < -0.39 is 0 Å². The topological polar surface area (TPSA) is 12.0 Å². The second-order valence-electron chi connectivity index (χ2n) is 3.85. The molecule has 84 valence electrons. The van der Waals surface area contributed by atoms with Crippen LogP contribution in [-0.4, -0.2) is 13.1 Å². The van der Waals surface area contributed by atoms with Crippen LogP contribution in [0, 0.1) is 5.92 Å². The molecule has 1 unspecified atom stereocenters. The molecule has 0 aliphatic heterocycles. The van der Waals surface area contributed by atoms with Crippen molar-refractivity contribution in [2.24, 2.45) is 5.92 Å². The average molecular weight is 291 g/mol. The quantitative estimate of drug-likeness (QED) is 0.867. The highest BCUT2D eigenvalue weighted by Crippen LogP contribution is 2.23. The maximum Gasteiger partial charge on any atom is 0.0449 e. The lowest BCUT2D eigenvalue weighted by Crippen LogP contribution is -2.21. The molecule has 1 atom stereocenters. The molecule has 0 saturated heterocycles. The van der Waals surface area contributed by atoms with E-state index in [9.17, 15) is 0 Å². The van der Waals surface area contributed by atoms with Crippen molar-refractivity contribution in [3.8, 4) is 0 Å². The largest absolute Gasteiger partial charge is 0.317 e. The zero-order valence-electron chi connectivity index (χ0n) is 9.19. The van der Waals surface area contributed by atoms with Crippen molar-refractivity contribution in [2.75, 3.05) is 13.1 Å². The number of nitrogens with one attached hydrogen (secondary N) is 1. The fraction of sp³-hybridized carbons (Fsp3) is 0.500. The van der Waals surface area contributed by atoms with Crippen LogP contribution in [-0.2, 0) is 6.42 Å². The molecule has 0 heterocycles. The van der Waals surface area contributed by atoms with Gasteiger partial charge in [0.05, 0.1) is 0 Å². The SMILES string of the molecule is CCNCC(C)Cc1ccc(Br)cc1Cl. The van der Waals surface area contributed by atoms with Crippen LogP contribution in [0.25, 0.3) is 0 Å². The summed E-state index contributed by atoms with van der Waals surface area (Å²) in [6, 6.07) is 6.09. The normalized spacial score (nSPS) is 12.8. The van der Waals surface area contributed by atoms with Crippen LogP contribution in [0.2, 0.25) is 5.02 Å². The summed E-state index contributed by atoms with van der Waals surface area (Å²) in [5.74, 6) is 0.614. The highest BCUT2D eigenvalue weighted by Gasteiger charge is 2.06. The molecule has 0 aliphatic rings. The third-order valence-corrected chi connectivity index (χ3v) is 3.17. The number of hydrogen-bond donors (Lipinski definition) is 1. The first-order valence-corrected chi connectivity index (χ1v) is 6.45. The van der Waals surface area contributed by atoms with Gasteiger partial charge in [0.2, 0.25) is 0 Å². The third kappa shape index (κ3) is 4.54. The maximum absolute atomic E-state index is 6.16. The van der Waals surface area contributed by atoms with Crippen molar-refractivity contribution >= 4 is 27.5 Å². The molecule has 0 fully saturated rings. The van der Waals surface area contributed by atoms with Crippen LogP contribution < -0.4 is 5.32 Å². The van der Waals surface area contributed by atoms with Gasteiger partial charge in [-0.3, -0.25) is 0 Å². The fourth-order valence-corrected chi connectivity index (χ4v) is 2.28. The molecular formula is C12H17BrClN. The number of benzene rings is 1. The minimum Gasteiger partial charge on any atom is -0.317 e. The molecule has 0 bridgehead atoms. The van der Waals surface area contributed by atoms with Gasteiger partial charge in [0.25, 0.3) is 0 Å². The second kappa shape index (κ2) is 6.51. The minimum absolute atomic E-state index is 0.614. The Bertz CT molecular complexity index is 314. The molecule has 1 aromatic rings. The molecule has 0 aliphatic carbocycles. The Kier molecular flexibility index (Phi) is 5.65. The highest BCUT2D eigenvalue weighted by molar-refractivity contribution is 9.10. The Morgan fingerprint density at radius 3 is 2.80 bits per heavy atom. The predicted molar refractivity (Wildman–Crippen MR) is 70.6 cm³/mol.